The minimum Gasteiger partial charge on any atom is -0.489 e. The Hall–Kier alpha value is -3.21. The number of likely N-dealkylation sites (tertiary alicyclic amines) is 1. The van der Waals surface area contributed by atoms with E-state index in [9.17, 15) is 9.18 Å². The molecule has 0 saturated carbocycles. The van der Waals surface area contributed by atoms with Gasteiger partial charge in [-0.15, -0.1) is 0 Å². The summed E-state index contributed by atoms with van der Waals surface area (Å²) < 4.78 is 18.9. The van der Waals surface area contributed by atoms with E-state index in [4.69, 9.17) is 4.74 Å². The number of rotatable bonds is 6. The van der Waals surface area contributed by atoms with Crippen molar-refractivity contribution < 1.29 is 13.9 Å². The van der Waals surface area contributed by atoms with Crippen LogP contribution in [0, 0.1) is 11.7 Å². The number of hydrogen-bond acceptors (Lipinski definition) is 3. The van der Waals surface area contributed by atoms with E-state index >= 15 is 0 Å². The fourth-order valence-corrected chi connectivity index (χ4v) is 3.85. The van der Waals surface area contributed by atoms with E-state index in [0.29, 0.717) is 23.8 Å². The van der Waals surface area contributed by atoms with Crippen molar-refractivity contribution in [1.29, 1.82) is 0 Å². The number of hydrogen-bond donors (Lipinski definition) is 0. The lowest BCUT2D eigenvalue weighted by Crippen LogP contribution is -2.38. The zero-order valence-electron chi connectivity index (χ0n) is 16.8. The van der Waals surface area contributed by atoms with Crippen molar-refractivity contribution in [3.05, 3.63) is 95.6 Å². The van der Waals surface area contributed by atoms with Gasteiger partial charge in [-0.25, -0.2) is 4.39 Å². The largest absolute Gasteiger partial charge is 0.489 e. The molecule has 0 radical (unpaired) electrons. The topological polar surface area (TPSA) is 42.4 Å². The van der Waals surface area contributed by atoms with Crippen LogP contribution in [-0.2, 0) is 13.0 Å². The van der Waals surface area contributed by atoms with Gasteiger partial charge in [-0.2, -0.15) is 0 Å². The average Bonchev–Trinajstić information content (AvgIpc) is 2.79. The van der Waals surface area contributed by atoms with Crippen LogP contribution in [0.25, 0.3) is 0 Å². The first-order valence-electron chi connectivity index (χ1n) is 10.3. The van der Waals surface area contributed by atoms with Gasteiger partial charge in [0.2, 0.25) is 0 Å². The highest BCUT2D eigenvalue weighted by Gasteiger charge is 2.23. The van der Waals surface area contributed by atoms with Gasteiger partial charge in [0.25, 0.3) is 5.91 Å². The van der Waals surface area contributed by atoms with Gasteiger partial charge in [0.15, 0.2) is 0 Å². The minimum atomic E-state index is -0.295. The van der Waals surface area contributed by atoms with Crippen molar-refractivity contribution in [2.24, 2.45) is 5.92 Å². The highest BCUT2D eigenvalue weighted by molar-refractivity contribution is 5.94. The molecule has 1 amide bonds. The quantitative estimate of drug-likeness (QED) is 0.587. The Kier molecular flexibility index (Phi) is 6.38. The molecule has 0 unspecified atom stereocenters. The summed E-state index contributed by atoms with van der Waals surface area (Å²) in [6, 6.07) is 18.1. The number of pyridine rings is 1. The Morgan fingerprint density at radius 1 is 1.00 bits per heavy atom. The number of halogens is 1. The van der Waals surface area contributed by atoms with E-state index in [1.165, 1.54) is 17.7 Å². The average molecular weight is 404 g/mol. The van der Waals surface area contributed by atoms with Crippen LogP contribution in [0.4, 0.5) is 4.39 Å². The summed E-state index contributed by atoms with van der Waals surface area (Å²) in [6.07, 6.45) is 6.37. The first kappa shape index (κ1) is 20.1. The van der Waals surface area contributed by atoms with Crippen LogP contribution in [0.3, 0.4) is 0 Å². The number of carbonyl (C=O) groups is 1. The highest BCUT2D eigenvalue weighted by atomic mass is 19.1. The molecule has 0 aliphatic carbocycles. The lowest BCUT2D eigenvalue weighted by Gasteiger charge is -2.32. The van der Waals surface area contributed by atoms with Crippen molar-refractivity contribution in [3.63, 3.8) is 0 Å². The van der Waals surface area contributed by atoms with Gasteiger partial charge in [-0.3, -0.25) is 9.78 Å². The molecule has 4 nitrogen and oxygen atoms in total. The molecule has 2 heterocycles. The van der Waals surface area contributed by atoms with Crippen molar-refractivity contribution in [3.8, 4) is 5.75 Å². The maximum absolute atomic E-state index is 13.2. The first-order chi connectivity index (χ1) is 14.7. The Balaban J connectivity index is 1.25. The second kappa shape index (κ2) is 9.53. The van der Waals surface area contributed by atoms with E-state index in [1.54, 1.807) is 36.7 Å². The van der Waals surface area contributed by atoms with E-state index in [2.05, 4.69) is 29.2 Å². The molecule has 0 spiro atoms. The van der Waals surface area contributed by atoms with Gasteiger partial charge in [-0.1, -0.05) is 30.3 Å². The van der Waals surface area contributed by atoms with E-state index in [-0.39, 0.29) is 11.7 Å². The molecule has 1 fully saturated rings. The first-order valence-corrected chi connectivity index (χ1v) is 10.3. The van der Waals surface area contributed by atoms with Crippen LogP contribution in [0.2, 0.25) is 0 Å². The van der Waals surface area contributed by atoms with Gasteiger partial charge in [-0.05, 0) is 60.6 Å². The zero-order chi connectivity index (χ0) is 20.8. The summed E-state index contributed by atoms with van der Waals surface area (Å²) >= 11 is 0. The normalized spacial score (nSPS) is 14.5. The molecule has 1 aromatic heterocycles. The molecule has 1 aliphatic rings. The number of aromatic nitrogens is 1. The number of nitrogens with zero attached hydrogens (tertiary/aromatic N) is 2. The summed E-state index contributed by atoms with van der Waals surface area (Å²) in [4.78, 5) is 18.5. The van der Waals surface area contributed by atoms with E-state index < -0.39 is 0 Å². The summed E-state index contributed by atoms with van der Waals surface area (Å²) in [5.74, 6) is 0.919. The van der Waals surface area contributed by atoms with Crippen LogP contribution < -0.4 is 4.74 Å². The number of amides is 1. The van der Waals surface area contributed by atoms with Gasteiger partial charge in [0.05, 0.1) is 0 Å². The summed E-state index contributed by atoms with van der Waals surface area (Å²) in [5, 5.41) is 0. The second-order valence-electron chi connectivity index (χ2n) is 7.74. The van der Waals surface area contributed by atoms with E-state index in [1.807, 2.05) is 4.90 Å². The summed E-state index contributed by atoms with van der Waals surface area (Å²) in [5.41, 5.74) is 3.06. The third-order valence-electron chi connectivity index (χ3n) is 5.58. The van der Waals surface area contributed by atoms with E-state index in [0.717, 1.165) is 37.9 Å². The lowest BCUT2D eigenvalue weighted by atomic mass is 9.89. The zero-order valence-corrected chi connectivity index (χ0v) is 16.8. The molecule has 0 atom stereocenters. The van der Waals surface area contributed by atoms with Crippen LogP contribution in [0.15, 0.2) is 73.1 Å². The minimum absolute atomic E-state index is 0.0958. The van der Waals surface area contributed by atoms with Crippen LogP contribution in [-0.4, -0.2) is 28.9 Å². The molecular formula is C25H25FN2O2. The molecule has 2 aromatic carbocycles. The van der Waals surface area contributed by atoms with Gasteiger partial charge < -0.3 is 9.64 Å². The molecule has 154 valence electrons. The lowest BCUT2D eigenvalue weighted by molar-refractivity contribution is 0.0690. The Labute approximate surface area is 176 Å². The fraction of sp³-hybridized carbons (Fsp3) is 0.280. The maximum Gasteiger partial charge on any atom is 0.253 e. The fourth-order valence-electron chi connectivity index (χ4n) is 3.85. The Morgan fingerprint density at radius 2 is 1.70 bits per heavy atom. The monoisotopic (exact) mass is 404 g/mol. The number of benzene rings is 2. The highest BCUT2D eigenvalue weighted by Crippen LogP contribution is 2.23. The predicted octanol–water partition coefficient (Wildman–Crippen LogP) is 4.89. The number of piperidine rings is 1. The number of carbonyl (C=O) groups excluding carboxylic acids is 1. The number of ether oxygens (including phenoxy) is 1. The molecule has 5 heteroatoms. The van der Waals surface area contributed by atoms with Crippen LogP contribution in [0.5, 0.6) is 5.75 Å². The molecule has 1 aliphatic heterocycles. The standard InChI is InChI=1S/C25H25FN2O2/c26-23-2-1-3-24(17-23)30-18-21-6-4-19(5-7-21)16-20-10-14-28(15-11-20)25(29)22-8-12-27-13-9-22/h1-9,12-13,17,20H,10-11,14-16,18H2. The van der Waals surface area contributed by atoms with Crippen LogP contribution in [0.1, 0.15) is 34.3 Å². The van der Waals surface area contributed by atoms with Crippen molar-refractivity contribution in [1.82, 2.24) is 9.88 Å². The van der Waals surface area contributed by atoms with Crippen LogP contribution >= 0.6 is 0 Å². The molecule has 0 bridgehead atoms. The maximum atomic E-state index is 13.2. The molecule has 4 rings (SSSR count). The molecule has 1 saturated heterocycles. The summed E-state index contributed by atoms with van der Waals surface area (Å²) in [6.45, 7) is 2.01. The smallest absolute Gasteiger partial charge is 0.253 e. The molecule has 30 heavy (non-hydrogen) atoms. The Morgan fingerprint density at radius 3 is 2.40 bits per heavy atom. The molecular weight excluding hydrogens is 379 g/mol. The summed E-state index contributed by atoms with van der Waals surface area (Å²) in [7, 11) is 0. The van der Waals surface area contributed by atoms with Gasteiger partial charge in [0, 0.05) is 37.1 Å². The Bertz CT molecular complexity index is 968. The molecule has 0 N–H and O–H groups in total. The van der Waals surface area contributed by atoms with Crippen molar-refractivity contribution >= 4 is 5.91 Å². The third-order valence-corrected chi connectivity index (χ3v) is 5.58. The second-order valence-corrected chi connectivity index (χ2v) is 7.74. The van der Waals surface area contributed by atoms with Gasteiger partial charge in [0.1, 0.15) is 18.2 Å². The SMILES string of the molecule is O=C(c1ccncc1)N1CCC(Cc2ccc(COc3cccc(F)c3)cc2)CC1. The van der Waals surface area contributed by atoms with Crippen molar-refractivity contribution in [2.45, 2.75) is 25.9 Å². The molecule has 3 aromatic rings. The predicted molar refractivity (Wildman–Crippen MR) is 114 cm³/mol. The third kappa shape index (κ3) is 5.23. The van der Waals surface area contributed by atoms with Gasteiger partial charge >= 0.3 is 0 Å². The van der Waals surface area contributed by atoms with Crippen molar-refractivity contribution in [2.75, 3.05) is 13.1 Å².